The Bertz CT molecular complexity index is 626. The molecule has 0 bridgehead atoms. The molecule has 2 aromatic rings. The average Bonchev–Trinajstić information content (AvgIpc) is 2.99. The van der Waals surface area contributed by atoms with Crippen LogP contribution in [0, 0.1) is 5.92 Å². The van der Waals surface area contributed by atoms with Gasteiger partial charge in [0, 0.05) is 10.4 Å². The van der Waals surface area contributed by atoms with Crippen LogP contribution in [0.15, 0.2) is 27.2 Å². The normalized spacial score (nSPS) is 22.4. The molecule has 0 saturated heterocycles. The smallest absolute Gasteiger partial charge is 0.261 e. The summed E-state index contributed by atoms with van der Waals surface area (Å²) in [5, 5.41) is 14.1. The number of aromatic nitrogens is 2. The number of hydrogen-bond acceptors (Lipinski definition) is 4. The molecular formula is C16H19BrN2O2. The van der Waals surface area contributed by atoms with Crippen molar-refractivity contribution in [2.75, 3.05) is 0 Å². The first-order valence-electron chi connectivity index (χ1n) is 7.50. The van der Waals surface area contributed by atoms with Crippen molar-refractivity contribution in [1.29, 1.82) is 0 Å². The molecule has 1 fully saturated rings. The minimum Gasteiger partial charge on any atom is -0.507 e. The predicted octanol–water partition coefficient (Wildman–Crippen LogP) is 4.89. The molecule has 1 N–H and O–H groups in total. The Hall–Kier alpha value is -1.36. The summed E-state index contributed by atoms with van der Waals surface area (Å²) < 4.78 is 6.24. The Morgan fingerprint density at radius 1 is 1.38 bits per heavy atom. The first kappa shape index (κ1) is 14.6. The highest BCUT2D eigenvalue weighted by molar-refractivity contribution is 9.10. The molecule has 1 heterocycles. The van der Waals surface area contributed by atoms with Crippen LogP contribution in [-0.4, -0.2) is 15.2 Å². The van der Waals surface area contributed by atoms with Crippen molar-refractivity contribution in [2.45, 2.75) is 44.9 Å². The van der Waals surface area contributed by atoms with E-state index < -0.39 is 0 Å². The van der Waals surface area contributed by atoms with E-state index in [1.807, 2.05) is 0 Å². The van der Waals surface area contributed by atoms with Crippen LogP contribution in [0.5, 0.6) is 5.75 Å². The lowest BCUT2D eigenvalue weighted by molar-refractivity contribution is 0.300. The second-order valence-electron chi connectivity index (χ2n) is 5.76. The molecule has 1 aliphatic rings. The molecule has 21 heavy (non-hydrogen) atoms. The van der Waals surface area contributed by atoms with Crippen LogP contribution in [0.4, 0.5) is 0 Å². The molecule has 0 amide bonds. The molecule has 1 aromatic carbocycles. The van der Waals surface area contributed by atoms with Crippen LogP contribution < -0.4 is 0 Å². The standard InChI is InChI=1S/C16H19BrN2O2/c1-2-10-4-3-5-11(8-10)15-18-16(21-19-15)13-9-12(17)6-7-14(13)20/h6-7,9-11,20H,2-5,8H2,1H3. The van der Waals surface area contributed by atoms with Gasteiger partial charge in [0.15, 0.2) is 5.82 Å². The van der Waals surface area contributed by atoms with E-state index in [-0.39, 0.29) is 5.75 Å². The SMILES string of the molecule is CCC1CCCC(c2noc(-c3cc(Br)ccc3O)n2)C1. The molecule has 0 spiro atoms. The molecule has 1 aromatic heterocycles. The highest BCUT2D eigenvalue weighted by Crippen LogP contribution is 2.38. The van der Waals surface area contributed by atoms with E-state index in [2.05, 4.69) is 33.0 Å². The minimum absolute atomic E-state index is 0.156. The van der Waals surface area contributed by atoms with Crippen LogP contribution in [0.2, 0.25) is 0 Å². The summed E-state index contributed by atoms with van der Waals surface area (Å²) in [6.45, 7) is 2.24. The monoisotopic (exact) mass is 350 g/mol. The average molecular weight is 351 g/mol. The largest absolute Gasteiger partial charge is 0.507 e. The molecule has 1 saturated carbocycles. The number of phenolic OH excluding ortho intramolecular Hbond substituents is 1. The van der Waals surface area contributed by atoms with E-state index in [4.69, 9.17) is 4.52 Å². The van der Waals surface area contributed by atoms with Crippen LogP contribution in [0.3, 0.4) is 0 Å². The topological polar surface area (TPSA) is 59.2 Å². The number of hydrogen-bond donors (Lipinski definition) is 1. The van der Waals surface area contributed by atoms with Gasteiger partial charge in [0.2, 0.25) is 0 Å². The fourth-order valence-electron chi connectivity index (χ4n) is 3.09. The molecule has 1 aliphatic carbocycles. The zero-order valence-corrected chi connectivity index (χ0v) is 13.6. The summed E-state index contributed by atoms with van der Waals surface area (Å²) in [4.78, 5) is 4.52. The van der Waals surface area contributed by atoms with Gasteiger partial charge >= 0.3 is 0 Å². The lowest BCUT2D eigenvalue weighted by Gasteiger charge is -2.26. The Labute approximate surface area is 132 Å². The number of phenols is 1. The summed E-state index contributed by atoms with van der Waals surface area (Å²) in [6.07, 6.45) is 6.02. The van der Waals surface area contributed by atoms with Crippen molar-refractivity contribution in [1.82, 2.24) is 10.1 Å². The number of halogens is 1. The number of nitrogens with zero attached hydrogens (tertiary/aromatic N) is 2. The van der Waals surface area contributed by atoms with Gasteiger partial charge in [-0.2, -0.15) is 4.98 Å². The van der Waals surface area contributed by atoms with E-state index in [0.29, 0.717) is 17.4 Å². The van der Waals surface area contributed by atoms with Gasteiger partial charge < -0.3 is 9.63 Å². The zero-order chi connectivity index (χ0) is 14.8. The first-order chi connectivity index (χ1) is 10.2. The third-order valence-electron chi connectivity index (χ3n) is 4.36. The molecule has 5 heteroatoms. The van der Waals surface area contributed by atoms with Gasteiger partial charge in [-0.3, -0.25) is 0 Å². The molecule has 2 unspecified atom stereocenters. The quantitative estimate of drug-likeness (QED) is 0.855. The van der Waals surface area contributed by atoms with Gasteiger partial charge in [-0.15, -0.1) is 0 Å². The fraction of sp³-hybridized carbons (Fsp3) is 0.500. The molecule has 0 aliphatic heterocycles. The van der Waals surface area contributed by atoms with E-state index in [1.165, 1.54) is 19.3 Å². The summed E-state index contributed by atoms with van der Waals surface area (Å²) in [7, 11) is 0. The van der Waals surface area contributed by atoms with E-state index >= 15 is 0 Å². The maximum Gasteiger partial charge on any atom is 0.261 e. The lowest BCUT2D eigenvalue weighted by atomic mass is 9.80. The van der Waals surface area contributed by atoms with Gasteiger partial charge in [0.1, 0.15) is 5.75 Å². The van der Waals surface area contributed by atoms with E-state index in [1.54, 1.807) is 18.2 Å². The van der Waals surface area contributed by atoms with Crippen molar-refractivity contribution in [3.8, 4) is 17.2 Å². The Balaban J connectivity index is 1.84. The van der Waals surface area contributed by atoms with Crippen LogP contribution >= 0.6 is 15.9 Å². The summed E-state index contributed by atoms with van der Waals surface area (Å²) >= 11 is 3.39. The van der Waals surface area contributed by atoms with Crippen molar-refractivity contribution < 1.29 is 9.63 Å². The number of benzene rings is 1. The van der Waals surface area contributed by atoms with E-state index in [0.717, 1.165) is 29.1 Å². The molecule has 112 valence electrons. The Morgan fingerprint density at radius 2 is 2.24 bits per heavy atom. The lowest BCUT2D eigenvalue weighted by Crippen LogP contribution is -2.14. The van der Waals surface area contributed by atoms with Gasteiger partial charge in [0.25, 0.3) is 5.89 Å². The second-order valence-corrected chi connectivity index (χ2v) is 6.67. The van der Waals surface area contributed by atoms with Crippen molar-refractivity contribution in [3.05, 3.63) is 28.5 Å². The molecule has 3 rings (SSSR count). The zero-order valence-electron chi connectivity index (χ0n) is 12.1. The summed E-state index contributed by atoms with van der Waals surface area (Å²) in [6, 6.07) is 5.20. The van der Waals surface area contributed by atoms with Gasteiger partial charge in [-0.05, 0) is 37.0 Å². The van der Waals surface area contributed by atoms with Gasteiger partial charge in [0.05, 0.1) is 5.56 Å². The van der Waals surface area contributed by atoms with Crippen LogP contribution in [0.25, 0.3) is 11.5 Å². The third kappa shape index (κ3) is 3.12. The summed E-state index contributed by atoms with van der Waals surface area (Å²) in [5.74, 6) is 2.48. The molecule has 2 atom stereocenters. The van der Waals surface area contributed by atoms with Crippen molar-refractivity contribution in [2.24, 2.45) is 5.92 Å². The van der Waals surface area contributed by atoms with Gasteiger partial charge in [-0.1, -0.05) is 47.3 Å². The van der Waals surface area contributed by atoms with Crippen molar-refractivity contribution in [3.63, 3.8) is 0 Å². The van der Waals surface area contributed by atoms with E-state index in [9.17, 15) is 5.11 Å². The van der Waals surface area contributed by atoms with Crippen LogP contribution in [-0.2, 0) is 0 Å². The molecular weight excluding hydrogens is 332 g/mol. The number of rotatable bonds is 3. The summed E-state index contributed by atoms with van der Waals surface area (Å²) in [5.41, 5.74) is 0.575. The fourth-order valence-corrected chi connectivity index (χ4v) is 3.45. The number of aromatic hydroxyl groups is 1. The highest BCUT2D eigenvalue weighted by atomic mass is 79.9. The molecule has 4 nitrogen and oxygen atoms in total. The molecule has 0 radical (unpaired) electrons. The Kier molecular flexibility index (Phi) is 4.29. The Morgan fingerprint density at radius 3 is 3.05 bits per heavy atom. The first-order valence-corrected chi connectivity index (χ1v) is 8.29. The highest BCUT2D eigenvalue weighted by Gasteiger charge is 2.26. The maximum atomic E-state index is 9.94. The second kappa shape index (κ2) is 6.18. The predicted molar refractivity (Wildman–Crippen MR) is 84.1 cm³/mol. The minimum atomic E-state index is 0.156. The third-order valence-corrected chi connectivity index (χ3v) is 4.85. The van der Waals surface area contributed by atoms with Gasteiger partial charge in [-0.25, -0.2) is 0 Å². The maximum absolute atomic E-state index is 9.94. The van der Waals surface area contributed by atoms with Crippen LogP contribution in [0.1, 0.15) is 50.8 Å². The van der Waals surface area contributed by atoms with Crippen molar-refractivity contribution >= 4 is 15.9 Å².